The molecule has 3 nitrogen and oxygen atoms in total. The van der Waals surface area contributed by atoms with E-state index >= 15 is 0 Å². The minimum atomic E-state index is -0.341. The summed E-state index contributed by atoms with van der Waals surface area (Å²) in [6, 6.07) is 8.11. The minimum Gasteiger partial charge on any atom is -0.486 e. The number of fused-ring (bicyclic) bond motifs is 1. The average molecular weight is 359 g/mol. The van der Waals surface area contributed by atoms with Crippen LogP contribution in [0, 0.1) is 6.92 Å². The molecule has 0 unspecified atom stereocenters. The van der Waals surface area contributed by atoms with Crippen molar-refractivity contribution < 1.29 is 9.53 Å². The number of aromatic nitrogens is 1. The first-order valence-electron chi connectivity index (χ1n) is 9.73. The second kappa shape index (κ2) is 6.80. The van der Waals surface area contributed by atoms with E-state index in [1.165, 1.54) is 22.3 Å². The maximum Gasteiger partial charge on any atom is 0.170 e. The Morgan fingerprint density at radius 2 is 1.96 bits per heavy atom. The molecule has 0 amide bonds. The normalized spacial score (nSPS) is 17.8. The number of ether oxygens (including phenoxy) is 1. The molecule has 0 saturated carbocycles. The highest BCUT2D eigenvalue weighted by atomic mass is 16.5. The Morgan fingerprint density at radius 1 is 1.15 bits per heavy atom. The van der Waals surface area contributed by atoms with Crippen molar-refractivity contribution in [2.24, 2.45) is 0 Å². The number of aryl methyl sites for hydroxylation is 1. The number of allylic oxidation sites excluding steroid dienone is 4. The first-order valence-corrected chi connectivity index (χ1v) is 9.73. The van der Waals surface area contributed by atoms with Gasteiger partial charge in [0.2, 0.25) is 0 Å². The summed E-state index contributed by atoms with van der Waals surface area (Å²) in [5.74, 6) is 0.925. The van der Waals surface area contributed by atoms with Gasteiger partial charge in [-0.3, -0.25) is 9.78 Å². The quantitative estimate of drug-likeness (QED) is 0.694. The lowest BCUT2D eigenvalue weighted by molar-refractivity contribution is 0.0350. The summed E-state index contributed by atoms with van der Waals surface area (Å²) >= 11 is 0. The molecule has 4 rings (SSSR count). The van der Waals surface area contributed by atoms with Gasteiger partial charge in [0.25, 0.3) is 0 Å². The van der Waals surface area contributed by atoms with Crippen molar-refractivity contribution in [3.05, 3.63) is 71.1 Å². The van der Waals surface area contributed by atoms with Gasteiger partial charge in [0.1, 0.15) is 11.4 Å². The van der Waals surface area contributed by atoms with Crippen molar-refractivity contribution in [3.63, 3.8) is 0 Å². The van der Waals surface area contributed by atoms with Crippen molar-refractivity contribution in [2.45, 2.75) is 52.1 Å². The van der Waals surface area contributed by atoms with E-state index in [9.17, 15) is 4.79 Å². The van der Waals surface area contributed by atoms with Crippen LogP contribution in [0.1, 0.15) is 66.6 Å². The predicted octanol–water partition coefficient (Wildman–Crippen LogP) is 5.78. The highest BCUT2D eigenvalue weighted by Gasteiger charge is 2.37. The van der Waals surface area contributed by atoms with E-state index in [1.807, 2.05) is 24.5 Å². The number of carbonyl (C=O) groups is 1. The molecule has 0 fully saturated rings. The van der Waals surface area contributed by atoms with Gasteiger partial charge >= 0.3 is 0 Å². The molecule has 0 N–H and O–H groups in total. The van der Waals surface area contributed by atoms with E-state index in [-0.39, 0.29) is 11.4 Å². The molecule has 1 aliphatic carbocycles. The lowest BCUT2D eigenvalue weighted by atomic mass is 9.85. The second-order valence-corrected chi connectivity index (χ2v) is 7.53. The van der Waals surface area contributed by atoms with Gasteiger partial charge in [-0.15, -0.1) is 0 Å². The molecule has 1 aromatic carbocycles. The lowest BCUT2D eigenvalue weighted by Crippen LogP contribution is -2.40. The smallest absolute Gasteiger partial charge is 0.170 e. The molecule has 2 heterocycles. The van der Waals surface area contributed by atoms with Crippen LogP contribution < -0.4 is 4.74 Å². The van der Waals surface area contributed by atoms with Gasteiger partial charge in [0, 0.05) is 12.4 Å². The van der Waals surface area contributed by atoms with Crippen LogP contribution >= 0.6 is 0 Å². The molecule has 0 radical (unpaired) electrons. The van der Waals surface area contributed by atoms with Crippen LogP contribution in [-0.4, -0.2) is 16.4 Å². The fourth-order valence-electron chi connectivity index (χ4n) is 4.05. The van der Waals surface area contributed by atoms with Gasteiger partial charge in [-0.2, -0.15) is 0 Å². The Morgan fingerprint density at radius 3 is 2.70 bits per heavy atom. The molecular formula is C24H25NO2. The van der Waals surface area contributed by atoms with E-state index in [2.05, 4.69) is 50.0 Å². The standard InChI is InChI=1S/C24H25NO2/c1-4-24(5-2)14-22(26)21-13-18(8-9-23(21)27-24)17-6-7-19(12-17)20-10-11-25-15-16(20)3/h7-13,15H,4-6,14H2,1-3H3. The Labute approximate surface area is 160 Å². The van der Waals surface area contributed by atoms with Gasteiger partial charge in [0.15, 0.2) is 5.78 Å². The lowest BCUT2D eigenvalue weighted by Gasteiger charge is -2.36. The van der Waals surface area contributed by atoms with E-state index in [1.54, 1.807) is 0 Å². The summed E-state index contributed by atoms with van der Waals surface area (Å²) in [6.45, 7) is 6.26. The zero-order valence-corrected chi connectivity index (χ0v) is 16.2. The third-order valence-electron chi connectivity index (χ3n) is 5.95. The molecular weight excluding hydrogens is 334 g/mol. The average Bonchev–Trinajstić information content (AvgIpc) is 3.18. The van der Waals surface area contributed by atoms with Gasteiger partial charge < -0.3 is 4.74 Å². The van der Waals surface area contributed by atoms with Crippen LogP contribution in [0.25, 0.3) is 11.1 Å². The number of pyridine rings is 1. The van der Waals surface area contributed by atoms with E-state index < -0.39 is 0 Å². The Balaban J connectivity index is 1.65. The minimum absolute atomic E-state index is 0.193. The number of rotatable bonds is 4. The fourth-order valence-corrected chi connectivity index (χ4v) is 4.05. The van der Waals surface area contributed by atoms with Crippen LogP contribution in [-0.2, 0) is 0 Å². The molecule has 27 heavy (non-hydrogen) atoms. The summed E-state index contributed by atoms with van der Waals surface area (Å²) in [4.78, 5) is 17.0. The zero-order chi connectivity index (χ0) is 19.0. The molecule has 2 aromatic rings. The van der Waals surface area contributed by atoms with Crippen molar-refractivity contribution in [1.29, 1.82) is 0 Å². The molecule has 0 bridgehead atoms. The van der Waals surface area contributed by atoms with E-state index in [0.29, 0.717) is 6.42 Å². The van der Waals surface area contributed by atoms with Crippen LogP contribution in [0.5, 0.6) is 5.75 Å². The Kier molecular flexibility index (Phi) is 4.47. The predicted molar refractivity (Wildman–Crippen MR) is 109 cm³/mol. The fraction of sp³-hybridized carbons (Fsp3) is 0.333. The van der Waals surface area contributed by atoms with E-state index in [0.717, 1.165) is 36.1 Å². The van der Waals surface area contributed by atoms with Gasteiger partial charge in [-0.05, 0) is 72.2 Å². The van der Waals surface area contributed by atoms with Crippen LogP contribution in [0.4, 0.5) is 0 Å². The van der Waals surface area contributed by atoms with Crippen molar-refractivity contribution in [2.75, 3.05) is 0 Å². The Hall–Kier alpha value is -2.68. The number of Topliss-reactive ketones (excluding diaryl/α,β-unsaturated/α-hetero) is 1. The molecule has 138 valence electrons. The summed E-state index contributed by atoms with van der Waals surface area (Å²) in [6.07, 6.45) is 11.2. The van der Waals surface area contributed by atoms with Crippen molar-refractivity contribution in [1.82, 2.24) is 4.98 Å². The summed E-state index contributed by atoms with van der Waals surface area (Å²) < 4.78 is 6.25. The van der Waals surface area contributed by atoms with Gasteiger partial charge in [-0.1, -0.05) is 32.1 Å². The first-order chi connectivity index (χ1) is 13.0. The maximum absolute atomic E-state index is 12.8. The van der Waals surface area contributed by atoms with Crippen LogP contribution in [0.2, 0.25) is 0 Å². The zero-order valence-electron chi connectivity index (χ0n) is 16.2. The molecule has 1 aromatic heterocycles. The first kappa shape index (κ1) is 17.7. The molecule has 3 heteroatoms. The number of hydrogen-bond donors (Lipinski definition) is 0. The highest BCUT2D eigenvalue weighted by Crippen LogP contribution is 2.40. The number of hydrogen-bond acceptors (Lipinski definition) is 3. The number of benzene rings is 1. The molecule has 0 spiro atoms. The molecule has 1 aliphatic heterocycles. The third-order valence-corrected chi connectivity index (χ3v) is 5.95. The Bertz CT molecular complexity index is 964. The number of carbonyl (C=O) groups excluding carboxylic acids is 1. The highest BCUT2D eigenvalue weighted by molar-refractivity contribution is 6.01. The molecule has 0 atom stereocenters. The van der Waals surface area contributed by atoms with Crippen molar-refractivity contribution >= 4 is 16.9 Å². The summed E-state index contributed by atoms with van der Waals surface area (Å²) in [5.41, 5.74) is 6.33. The maximum atomic E-state index is 12.8. The number of nitrogens with zero attached hydrogens (tertiary/aromatic N) is 1. The number of ketones is 1. The van der Waals surface area contributed by atoms with Gasteiger partial charge in [0.05, 0.1) is 12.0 Å². The molecule has 0 saturated heterocycles. The van der Waals surface area contributed by atoms with Crippen LogP contribution in [0.15, 0.2) is 48.8 Å². The molecule has 2 aliphatic rings. The monoisotopic (exact) mass is 359 g/mol. The summed E-state index contributed by atoms with van der Waals surface area (Å²) in [7, 11) is 0. The van der Waals surface area contributed by atoms with Crippen molar-refractivity contribution in [3.8, 4) is 5.75 Å². The summed E-state index contributed by atoms with van der Waals surface area (Å²) in [5, 5.41) is 0. The SMILES string of the molecule is CCC1(CC)CC(=O)c2cc(C3=CC(c4ccncc4C)=CC3)ccc2O1. The van der Waals surface area contributed by atoms with E-state index in [4.69, 9.17) is 4.74 Å². The second-order valence-electron chi connectivity index (χ2n) is 7.53. The van der Waals surface area contributed by atoms with Crippen LogP contribution in [0.3, 0.4) is 0 Å². The largest absolute Gasteiger partial charge is 0.486 e. The van der Waals surface area contributed by atoms with Gasteiger partial charge in [-0.25, -0.2) is 0 Å². The topological polar surface area (TPSA) is 39.2 Å². The third kappa shape index (κ3) is 3.12.